The van der Waals surface area contributed by atoms with Crippen molar-refractivity contribution in [3.05, 3.63) is 23.8 Å². The summed E-state index contributed by atoms with van der Waals surface area (Å²) < 4.78 is 10.6. The summed E-state index contributed by atoms with van der Waals surface area (Å²) in [6.07, 6.45) is 1.32. The van der Waals surface area contributed by atoms with Gasteiger partial charge in [-0.05, 0) is 36.0 Å². The zero-order chi connectivity index (χ0) is 8.84. The Morgan fingerprint density at radius 2 is 2.00 bits per heavy atom. The summed E-state index contributed by atoms with van der Waals surface area (Å²) in [6, 6.07) is 6.29. The number of hydrogen-bond donors (Lipinski definition) is 0. The standard InChI is InChI=1S/C11H12O2/c1-7-4-9(7)8-2-3-10-11(5-8)13-6-12-10/h2-3,5,7,9H,4,6H2,1H3. The molecular weight excluding hydrogens is 164 g/mol. The van der Waals surface area contributed by atoms with Crippen LogP contribution in [-0.2, 0) is 0 Å². The summed E-state index contributed by atoms with van der Waals surface area (Å²) in [6.45, 7) is 2.66. The monoisotopic (exact) mass is 176 g/mol. The van der Waals surface area contributed by atoms with Crippen molar-refractivity contribution in [1.29, 1.82) is 0 Å². The molecule has 3 rings (SSSR count). The second-order valence-corrected chi connectivity index (χ2v) is 3.93. The van der Waals surface area contributed by atoms with Gasteiger partial charge in [-0.1, -0.05) is 13.0 Å². The zero-order valence-electron chi connectivity index (χ0n) is 7.62. The van der Waals surface area contributed by atoms with Gasteiger partial charge in [-0.15, -0.1) is 0 Å². The SMILES string of the molecule is CC1CC1c1ccc2c(c1)OCO2. The summed E-state index contributed by atoms with van der Waals surface area (Å²) in [4.78, 5) is 0. The van der Waals surface area contributed by atoms with Crippen LogP contribution in [0.25, 0.3) is 0 Å². The maximum absolute atomic E-state index is 5.33. The Morgan fingerprint density at radius 1 is 1.23 bits per heavy atom. The van der Waals surface area contributed by atoms with Crippen molar-refractivity contribution < 1.29 is 9.47 Å². The Hall–Kier alpha value is -1.18. The van der Waals surface area contributed by atoms with E-state index in [9.17, 15) is 0 Å². The molecule has 2 aliphatic rings. The third kappa shape index (κ3) is 1.09. The highest BCUT2D eigenvalue weighted by Crippen LogP contribution is 2.48. The van der Waals surface area contributed by atoms with Gasteiger partial charge in [0, 0.05) is 0 Å². The number of benzene rings is 1. The van der Waals surface area contributed by atoms with Gasteiger partial charge in [0.2, 0.25) is 6.79 Å². The van der Waals surface area contributed by atoms with Crippen LogP contribution in [0.5, 0.6) is 11.5 Å². The van der Waals surface area contributed by atoms with Crippen LogP contribution in [-0.4, -0.2) is 6.79 Å². The van der Waals surface area contributed by atoms with Gasteiger partial charge in [-0.3, -0.25) is 0 Å². The number of ether oxygens (including phenoxy) is 2. The van der Waals surface area contributed by atoms with Gasteiger partial charge in [0.1, 0.15) is 0 Å². The van der Waals surface area contributed by atoms with Gasteiger partial charge < -0.3 is 9.47 Å². The lowest BCUT2D eigenvalue weighted by molar-refractivity contribution is 0.174. The molecule has 2 atom stereocenters. The molecule has 1 aromatic carbocycles. The smallest absolute Gasteiger partial charge is 0.231 e. The molecule has 1 aliphatic heterocycles. The Kier molecular flexibility index (Phi) is 1.34. The average Bonchev–Trinajstić information content (AvgIpc) is 2.70. The van der Waals surface area contributed by atoms with Gasteiger partial charge in [-0.25, -0.2) is 0 Å². The minimum absolute atomic E-state index is 0.374. The molecule has 2 heteroatoms. The molecule has 1 saturated carbocycles. The van der Waals surface area contributed by atoms with E-state index in [-0.39, 0.29) is 0 Å². The molecule has 0 N–H and O–H groups in total. The molecule has 0 spiro atoms. The Balaban J connectivity index is 1.96. The molecule has 1 heterocycles. The van der Waals surface area contributed by atoms with Crippen molar-refractivity contribution in [2.24, 2.45) is 5.92 Å². The first-order valence-electron chi connectivity index (χ1n) is 4.74. The second kappa shape index (κ2) is 2.41. The molecule has 0 amide bonds. The van der Waals surface area contributed by atoms with Crippen molar-refractivity contribution in [2.75, 3.05) is 6.79 Å². The third-order valence-electron chi connectivity index (χ3n) is 2.93. The van der Waals surface area contributed by atoms with E-state index in [1.165, 1.54) is 12.0 Å². The van der Waals surface area contributed by atoms with Crippen molar-refractivity contribution in [2.45, 2.75) is 19.3 Å². The van der Waals surface area contributed by atoms with E-state index in [1.807, 2.05) is 6.07 Å². The van der Waals surface area contributed by atoms with Crippen molar-refractivity contribution in [3.63, 3.8) is 0 Å². The van der Waals surface area contributed by atoms with E-state index >= 15 is 0 Å². The molecule has 2 nitrogen and oxygen atoms in total. The van der Waals surface area contributed by atoms with E-state index in [0.29, 0.717) is 6.79 Å². The minimum Gasteiger partial charge on any atom is -0.454 e. The lowest BCUT2D eigenvalue weighted by Gasteiger charge is -2.00. The third-order valence-corrected chi connectivity index (χ3v) is 2.93. The van der Waals surface area contributed by atoms with Crippen LogP contribution in [0.1, 0.15) is 24.8 Å². The van der Waals surface area contributed by atoms with Crippen LogP contribution < -0.4 is 9.47 Å². The molecule has 0 aromatic heterocycles. The highest BCUT2D eigenvalue weighted by atomic mass is 16.7. The molecule has 0 radical (unpaired) electrons. The molecule has 1 aliphatic carbocycles. The van der Waals surface area contributed by atoms with Crippen molar-refractivity contribution in [3.8, 4) is 11.5 Å². The van der Waals surface area contributed by atoms with Gasteiger partial charge in [0.05, 0.1) is 0 Å². The average molecular weight is 176 g/mol. The van der Waals surface area contributed by atoms with E-state index in [0.717, 1.165) is 23.3 Å². The quantitative estimate of drug-likeness (QED) is 0.654. The van der Waals surface area contributed by atoms with Crippen LogP contribution in [0.3, 0.4) is 0 Å². The van der Waals surface area contributed by atoms with E-state index < -0.39 is 0 Å². The van der Waals surface area contributed by atoms with Crippen molar-refractivity contribution >= 4 is 0 Å². The van der Waals surface area contributed by atoms with Gasteiger partial charge in [0.15, 0.2) is 11.5 Å². The Morgan fingerprint density at radius 3 is 2.77 bits per heavy atom. The summed E-state index contributed by atoms with van der Waals surface area (Å²) >= 11 is 0. The lowest BCUT2D eigenvalue weighted by atomic mass is 10.1. The normalized spacial score (nSPS) is 29.0. The fourth-order valence-corrected chi connectivity index (χ4v) is 1.93. The predicted molar refractivity (Wildman–Crippen MR) is 49.1 cm³/mol. The molecule has 2 unspecified atom stereocenters. The van der Waals surface area contributed by atoms with E-state index in [2.05, 4.69) is 19.1 Å². The maximum atomic E-state index is 5.33. The molecule has 0 bridgehead atoms. The molecule has 68 valence electrons. The minimum atomic E-state index is 0.374. The van der Waals surface area contributed by atoms with E-state index in [1.54, 1.807) is 0 Å². The first-order chi connectivity index (χ1) is 6.34. The molecule has 1 aromatic rings. The van der Waals surface area contributed by atoms with Gasteiger partial charge in [-0.2, -0.15) is 0 Å². The fourth-order valence-electron chi connectivity index (χ4n) is 1.93. The van der Waals surface area contributed by atoms with Gasteiger partial charge >= 0.3 is 0 Å². The fraction of sp³-hybridized carbons (Fsp3) is 0.455. The molecule has 1 fully saturated rings. The molecule has 0 saturated heterocycles. The first-order valence-corrected chi connectivity index (χ1v) is 4.74. The number of rotatable bonds is 1. The van der Waals surface area contributed by atoms with Crippen LogP contribution in [0.4, 0.5) is 0 Å². The first kappa shape index (κ1) is 7.25. The zero-order valence-corrected chi connectivity index (χ0v) is 7.62. The van der Waals surface area contributed by atoms with Gasteiger partial charge in [0.25, 0.3) is 0 Å². The number of fused-ring (bicyclic) bond motifs is 1. The highest BCUT2D eigenvalue weighted by molar-refractivity contribution is 5.46. The predicted octanol–water partition coefficient (Wildman–Crippen LogP) is 2.54. The Labute approximate surface area is 77.5 Å². The van der Waals surface area contributed by atoms with E-state index in [4.69, 9.17) is 9.47 Å². The van der Waals surface area contributed by atoms with Crippen LogP contribution in [0.2, 0.25) is 0 Å². The topological polar surface area (TPSA) is 18.5 Å². The Bertz CT molecular complexity index is 346. The van der Waals surface area contributed by atoms with Crippen molar-refractivity contribution in [1.82, 2.24) is 0 Å². The highest BCUT2D eigenvalue weighted by Gasteiger charge is 2.34. The lowest BCUT2D eigenvalue weighted by Crippen LogP contribution is -1.92. The van der Waals surface area contributed by atoms with Crippen LogP contribution >= 0.6 is 0 Å². The number of hydrogen-bond acceptors (Lipinski definition) is 2. The van der Waals surface area contributed by atoms with Crippen LogP contribution in [0.15, 0.2) is 18.2 Å². The summed E-state index contributed by atoms with van der Waals surface area (Å²) in [5, 5.41) is 0. The second-order valence-electron chi connectivity index (χ2n) is 3.93. The summed E-state index contributed by atoms with van der Waals surface area (Å²) in [5.41, 5.74) is 1.40. The largest absolute Gasteiger partial charge is 0.454 e. The molecule has 13 heavy (non-hydrogen) atoms. The van der Waals surface area contributed by atoms with Crippen LogP contribution in [0, 0.1) is 5.92 Å². The summed E-state index contributed by atoms with van der Waals surface area (Å²) in [5.74, 6) is 3.41. The molecular formula is C11H12O2. The maximum Gasteiger partial charge on any atom is 0.231 e. The summed E-state index contributed by atoms with van der Waals surface area (Å²) in [7, 11) is 0.